The van der Waals surface area contributed by atoms with E-state index < -0.39 is 17.8 Å². The lowest BCUT2D eigenvalue weighted by Gasteiger charge is -2.33. The Balaban J connectivity index is 1.83. The highest BCUT2D eigenvalue weighted by molar-refractivity contribution is 6.05. The molecule has 2 aromatic rings. The number of anilines is 2. The molecule has 1 aliphatic rings. The van der Waals surface area contributed by atoms with Crippen molar-refractivity contribution in [3.8, 4) is 5.75 Å². The lowest BCUT2D eigenvalue weighted by atomic mass is 10.1. The van der Waals surface area contributed by atoms with Crippen molar-refractivity contribution in [2.75, 3.05) is 16.8 Å². The lowest BCUT2D eigenvalue weighted by molar-refractivity contribution is -0.125. The Hall–Kier alpha value is -2.89. The van der Waals surface area contributed by atoms with Crippen molar-refractivity contribution in [1.82, 2.24) is 0 Å². The number of unbranched alkanes of at least 4 members (excludes halogenated alkanes) is 2. The predicted molar refractivity (Wildman–Crippen MR) is 103 cm³/mol. The van der Waals surface area contributed by atoms with E-state index in [2.05, 4.69) is 12.2 Å². The Morgan fingerprint density at radius 1 is 1.22 bits per heavy atom. The number of amides is 2. The predicted octanol–water partition coefficient (Wildman–Crippen LogP) is 4.38. The summed E-state index contributed by atoms with van der Waals surface area (Å²) in [6.45, 7) is 4.45. The van der Waals surface area contributed by atoms with Gasteiger partial charge in [-0.05, 0) is 49.7 Å². The van der Waals surface area contributed by atoms with Gasteiger partial charge in [0.15, 0.2) is 6.10 Å². The average Bonchev–Trinajstić information content (AvgIpc) is 2.65. The molecule has 0 spiro atoms. The molecule has 0 fully saturated rings. The molecule has 1 N–H and O–H groups in total. The summed E-state index contributed by atoms with van der Waals surface area (Å²) in [6.07, 6.45) is 2.45. The van der Waals surface area contributed by atoms with E-state index in [4.69, 9.17) is 4.74 Å². The quantitative estimate of drug-likeness (QED) is 0.768. The molecule has 1 atom stereocenters. The molecule has 0 saturated heterocycles. The van der Waals surface area contributed by atoms with Gasteiger partial charge in [-0.15, -0.1) is 0 Å². The molecule has 142 valence electrons. The monoisotopic (exact) mass is 370 g/mol. The number of rotatable bonds is 6. The maximum Gasteiger partial charge on any atom is 0.267 e. The molecular weight excluding hydrogens is 347 g/mol. The Morgan fingerprint density at radius 3 is 2.78 bits per heavy atom. The van der Waals surface area contributed by atoms with Gasteiger partial charge >= 0.3 is 0 Å². The van der Waals surface area contributed by atoms with E-state index in [0.717, 1.165) is 19.3 Å². The van der Waals surface area contributed by atoms with Crippen LogP contribution in [0.4, 0.5) is 15.8 Å². The highest BCUT2D eigenvalue weighted by atomic mass is 19.1. The number of hydrogen-bond acceptors (Lipinski definition) is 3. The molecule has 6 heteroatoms. The zero-order valence-corrected chi connectivity index (χ0v) is 15.5. The first-order valence-electron chi connectivity index (χ1n) is 9.18. The van der Waals surface area contributed by atoms with Crippen LogP contribution < -0.4 is 15.0 Å². The Kier molecular flexibility index (Phi) is 5.74. The van der Waals surface area contributed by atoms with E-state index in [1.165, 1.54) is 18.2 Å². The van der Waals surface area contributed by atoms with Crippen molar-refractivity contribution >= 4 is 23.2 Å². The first-order valence-corrected chi connectivity index (χ1v) is 9.18. The number of nitrogens with one attached hydrogen (secondary N) is 1. The third kappa shape index (κ3) is 4.27. The fourth-order valence-corrected chi connectivity index (χ4v) is 3.07. The molecule has 0 radical (unpaired) electrons. The normalized spacial score (nSPS) is 15.9. The van der Waals surface area contributed by atoms with Crippen molar-refractivity contribution in [1.29, 1.82) is 0 Å². The lowest BCUT2D eigenvalue weighted by Crippen LogP contribution is -2.44. The summed E-state index contributed by atoms with van der Waals surface area (Å²) in [5.41, 5.74) is 1.40. The van der Waals surface area contributed by atoms with Crippen molar-refractivity contribution in [3.05, 3.63) is 53.8 Å². The summed E-state index contributed by atoms with van der Waals surface area (Å²) in [7, 11) is 0. The summed E-state index contributed by atoms with van der Waals surface area (Å²) in [5, 5.41) is 2.75. The third-order valence-electron chi connectivity index (χ3n) is 4.50. The van der Waals surface area contributed by atoms with Gasteiger partial charge in [0.25, 0.3) is 11.8 Å². The van der Waals surface area contributed by atoms with Gasteiger partial charge in [-0.1, -0.05) is 25.8 Å². The summed E-state index contributed by atoms with van der Waals surface area (Å²) in [5.74, 6) is -0.360. The van der Waals surface area contributed by atoms with Gasteiger partial charge in [0.05, 0.1) is 5.69 Å². The molecule has 5 nitrogen and oxygen atoms in total. The number of ether oxygens (including phenoxy) is 1. The molecule has 1 unspecified atom stereocenters. The SMILES string of the molecule is CCCCCN1C(=O)C(C)Oc2ccc(NC(=O)c3cccc(F)c3)cc21. The van der Waals surface area contributed by atoms with Gasteiger partial charge in [-0.25, -0.2) is 4.39 Å². The van der Waals surface area contributed by atoms with Gasteiger partial charge in [-0.2, -0.15) is 0 Å². The molecule has 27 heavy (non-hydrogen) atoms. The van der Waals surface area contributed by atoms with Crippen LogP contribution in [-0.4, -0.2) is 24.5 Å². The van der Waals surface area contributed by atoms with Gasteiger partial charge in [0.1, 0.15) is 11.6 Å². The highest BCUT2D eigenvalue weighted by Gasteiger charge is 2.31. The third-order valence-corrected chi connectivity index (χ3v) is 4.50. The van der Waals surface area contributed by atoms with Crippen LogP contribution in [0, 0.1) is 5.82 Å². The summed E-state index contributed by atoms with van der Waals surface area (Å²) in [6, 6.07) is 10.7. The van der Waals surface area contributed by atoms with Crippen LogP contribution in [0.2, 0.25) is 0 Å². The van der Waals surface area contributed by atoms with Crippen LogP contribution in [-0.2, 0) is 4.79 Å². The maximum atomic E-state index is 13.3. The van der Waals surface area contributed by atoms with Crippen LogP contribution in [0.25, 0.3) is 0 Å². The molecule has 0 bridgehead atoms. The van der Waals surface area contributed by atoms with Crippen molar-refractivity contribution < 1.29 is 18.7 Å². The molecule has 1 aliphatic heterocycles. The number of carbonyl (C=O) groups is 2. The van der Waals surface area contributed by atoms with Crippen molar-refractivity contribution in [2.45, 2.75) is 39.2 Å². The Morgan fingerprint density at radius 2 is 2.04 bits per heavy atom. The average molecular weight is 370 g/mol. The molecule has 0 aliphatic carbocycles. The van der Waals surface area contributed by atoms with E-state index in [1.54, 1.807) is 36.1 Å². The van der Waals surface area contributed by atoms with Gasteiger partial charge in [0.2, 0.25) is 0 Å². The van der Waals surface area contributed by atoms with Crippen LogP contribution in [0.15, 0.2) is 42.5 Å². The molecule has 2 aromatic carbocycles. The number of carbonyl (C=O) groups excluding carboxylic acids is 2. The first-order chi connectivity index (χ1) is 13.0. The number of benzene rings is 2. The molecule has 2 amide bonds. The van der Waals surface area contributed by atoms with E-state index in [1.807, 2.05) is 0 Å². The number of fused-ring (bicyclic) bond motifs is 1. The number of halogens is 1. The molecule has 3 rings (SSSR count). The summed E-state index contributed by atoms with van der Waals surface area (Å²) >= 11 is 0. The standard InChI is InChI=1S/C21H23FN2O3/c1-3-4-5-11-24-18-13-17(9-10-19(18)27-14(2)21(24)26)23-20(25)15-7-6-8-16(22)12-15/h6-10,12-14H,3-5,11H2,1-2H3,(H,23,25). The van der Waals surface area contributed by atoms with Crippen LogP contribution >= 0.6 is 0 Å². The Labute approximate surface area is 158 Å². The largest absolute Gasteiger partial charge is 0.479 e. The topological polar surface area (TPSA) is 58.6 Å². The Bertz CT molecular complexity index is 853. The molecule has 0 aromatic heterocycles. The zero-order chi connectivity index (χ0) is 19.4. The summed E-state index contributed by atoms with van der Waals surface area (Å²) < 4.78 is 19.0. The second kappa shape index (κ2) is 8.20. The fraction of sp³-hybridized carbons (Fsp3) is 0.333. The van der Waals surface area contributed by atoms with E-state index in [-0.39, 0.29) is 11.5 Å². The second-order valence-corrected chi connectivity index (χ2v) is 6.60. The first kappa shape index (κ1) is 18.9. The van der Waals surface area contributed by atoms with E-state index in [9.17, 15) is 14.0 Å². The second-order valence-electron chi connectivity index (χ2n) is 6.60. The van der Waals surface area contributed by atoms with E-state index in [0.29, 0.717) is 23.7 Å². The van der Waals surface area contributed by atoms with Crippen LogP contribution in [0.1, 0.15) is 43.5 Å². The summed E-state index contributed by atoms with van der Waals surface area (Å²) in [4.78, 5) is 26.6. The van der Waals surface area contributed by atoms with Crippen LogP contribution in [0.3, 0.4) is 0 Å². The maximum absolute atomic E-state index is 13.3. The van der Waals surface area contributed by atoms with Crippen LogP contribution in [0.5, 0.6) is 5.75 Å². The number of nitrogens with zero attached hydrogens (tertiary/aromatic N) is 1. The minimum absolute atomic E-state index is 0.0905. The van der Waals surface area contributed by atoms with Crippen molar-refractivity contribution in [3.63, 3.8) is 0 Å². The fourth-order valence-electron chi connectivity index (χ4n) is 3.07. The van der Waals surface area contributed by atoms with Gasteiger partial charge < -0.3 is 15.0 Å². The van der Waals surface area contributed by atoms with Gasteiger partial charge in [0, 0.05) is 17.8 Å². The number of hydrogen-bond donors (Lipinski definition) is 1. The minimum atomic E-state index is -0.535. The molecular formula is C21H23FN2O3. The smallest absolute Gasteiger partial charge is 0.267 e. The van der Waals surface area contributed by atoms with E-state index >= 15 is 0 Å². The highest BCUT2D eigenvalue weighted by Crippen LogP contribution is 2.36. The molecule has 1 heterocycles. The van der Waals surface area contributed by atoms with Crippen molar-refractivity contribution in [2.24, 2.45) is 0 Å². The minimum Gasteiger partial charge on any atom is -0.479 e. The zero-order valence-electron chi connectivity index (χ0n) is 15.5. The van der Waals surface area contributed by atoms with Gasteiger partial charge in [-0.3, -0.25) is 9.59 Å². The molecule has 0 saturated carbocycles.